The van der Waals surface area contributed by atoms with Crippen LogP contribution in [0.1, 0.15) is 12.8 Å². The molecule has 0 radical (unpaired) electrons. The maximum atomic E-state index is 3.71. The molecule has 0 aliphatic carbocycles. The van der Waals surface area contributed by atoms with Crippen molar-refractivity contribution in [3.63, 3.8) is 0 Å². The molecular formula is C15H22N10. The number of aromatic nitrogens is 4. The van der Waals surface area contributed by atoms with E-state index in [0.717, 1.165) is 25.9 Å². The van der Waals surface area contributed by atoms with Crippen LogP contribution >= 0.6 is 0 Å². The minimum absolute atomic E-state index is 0.778. The fourth-order valence-electron chi connectivity index (χ4n) is 1.22. The van der Waals surface area contributed by atoms with Crippen molar-refractivity contribution in [3.8, 4) is 0 Å². The largest absolute Gasteiger partial charge is 0.351 e. The van der Waals surface area contributed by atoms with Crippen LogP contribution in [0.15, 0.2) is 75.0 Å². The van der Waals surface area contributed by atoms with Gasteiger partial charge in [0, 0.05) is 69.0 Å². The van der Waals surface area contributed by atoms with Crippen LogP contribution < -0.4 is 5.43 Å². The zero-order valence-corrected chi connectivity index (χ0v) is 13.8. The number of H-pyrrole nitrogens is 2. The zero-order chi connectivity index (χ0) is 17.7. The molecule has 0 aromatic carbocycles. The van der Waals surface area contributed by atoms with Gasteiger partial charge in [-0.2, -0.15) is 30.6 Å². The molecule has 0 unspecified atom stereocenters. The lowest BCUT2D eigenvalue weighted by atomic mass is 10.5. The zero-order valence-electron chi connectivity index (χ0n) is 13.8. The van der Waals surface area contributed by atoms with Crippen LogP contribution in [0.2, 0.25) is 0 Å². The number of nitrogens with one attached hydrogen (secondary N) is 3. The van der Waals surface area contributed by atoms with E-state index < -0.39 is 0 Å². The lowest BCUT2D eigenvalue weighted by Crippen LogP contribution is -1.96. The summed E-state index contributed by atoms with van der Waals surface area (Å²) in [7, 11) is 0. The molecule has 132 valence electrons. The average Bonchev–Trinajstić information content (AvgIpc) is 3.55. The van der Waals surface area contributed by atoms with Gasteiger partial charge in [0.1, 0.15) is 0 Å². The second-order valence-electron chi connectivity index (χ2n) is 4.19. The third-order valence-corrected chi connectivity index (χ3v) is 2.26. The molecule has 0 bridgehead atoms. The Morgan fingerprint density at radius 2 is 1.88 bits per heavy atom. The van der Waals surface area contributed by atoms with Crippen molar-refractivity contribution >= 4 is 18.6 Å². The molecule has 2 aromatic rings. The number of hydrogen-bond donors (Lipinski definition) is 3. The third-order valence-electron chi connectivity index (χ3n) is 2.26. The van der Waals surface area contributed by atoms with E-state index in [-0.39, 0.29) is 0 Å². The Labute approximate surface area is 146 Å². The van der Waals surface area contributed by atoms with Gasteiger partial charge in [-0.15, -0.1) is 0 Å². The van der Waals surface area contributed by atoms with E-state index in [1.165, 1.54) is 0 Å². The summed E-state index contributed by atoms with van der Waals surface area (Å²) in [6.07, 6.45) is 19.6. The standard InChI is InChI=1S/C3H4N2.C3H6N2.3C3H4N2/c1-2-5-3-4-1;4*1-2-4-5-3-1/h1-3H,(H,4,5);2,5H,1,3H2;2-3H,1H2;1-2H,3H2;1-3H,(H,4,5). The van der Waals surface area contributed by atoms with Crippen molar-refractivity contribution in [2.24, 2.45) is 25.5 Å². The summed E-state index contributed by atoms with van der Waals surface area (Å²) in [6, 6.07) is 1.83. The smallest absolute Gasteiger partial charge is 0.0919 e. The molecule has 5 rings (SSSR count). The number of hydrazone groups is 1. The summed E-state index contributed by atoms with van der Waals surface area (Å²) < 4.78 is 0. The summed E-state index contributed by atoms with van der Waals surface area (Å²) in [5.41, 5.74) is 2.79. The number of imidazole rings is 1. The monoisotopic (exact) mass is 342 g/mol. The lowest BCUT2D eigenvalue weighted by molar-refractivity contribution is 0.813. The van der Waals surface area contributed by atoms with Gasteiger partial charge in [-0.25, -0.2) is 4.98 Å². The van der Waals surface area contributed by atoms with Gasteiger partial charge < -0.3 is 10.4 Å². The van der Waals surface area contributed by atoms with E-state index in [9.17, 15) is 0 Å². The van der Waals surface area contributed by atoms with Crippen LogP contribution in [-0.4, -0.2) is 51.9 Å². The number of aromatic amines is 2. The maximum Gasteiger partial charge on any atom is 0.0919 e. The number of nitrogens with zero attached hydrogens (tertiary/aromatic N) is 7. The SMILES string of the molecule is C1=CN=NC1.C1=NN=CC1.C1=NNCC1.c1c[nH]cn1.c1cn[nH]c1. The Hall–Kier alpha value is -3.43. The number of rotatable bonds is 0. The average molecular weight is 342 g/mol. The van der Waals surface area contributed by atoms with Gasteiger partial charge in [0.2, 0.25) is 0 Å². The van der Waals surface area contributed by atoms with Crippen molar-refractivity contribution in [3.05, 3.63) is 49.5 Å². The van der Waals surface area contributed by atoms with Crippen LogP contribution in [0.25, 0.3) is 0 Å². The van der Waals surface area contributed by atoms with Crippen LogP contribution in [-0.2, 0) is 0 Å². The van der Waals surface area contributed by atoms with Crippen molar-refractivity contribution in [1.29, 1.82) is 0 Å². The first-order valence-corrected chi connectivity index (χ1v) is 7.66. The summed E-state index contributed by atoms with van der Waals surface area (Å²) in [5.74, 6) is 0. The van der Waals surface area contributed by atoms with Gasteiger partial charge in [0.15, 0.2) is 0 Å². The highest BCUT2D eigenvalue weighted by Gasteiger charge is 1.83. The predicted octanol–water partition coefficient (Wildman–Crippen LogP) is 2.20. The summed E-state index contributed by atoms with van der Waals surface area (Å²) in [5, 5.41) is 24.1. The Balaban J connectivity index is 0.000000156. The molecule has 3 aliphatic heterocycles. The molecule has 2 aromatic heterocycles. The van der Waals surface area contributed by atoms with E-state index >= 15 is 0 Å². The minimum atomic E-state index is 0.778. The maximum absolute atomic E-state index is 3.71. The van der Waals surface area contributed by atoms with Gasteiger partial charge >= 0.3 is 0 Å². The van der Waals surface area contributed by atoms with Gasteiger partial charge in [-0.05, 0) is 12.1 Å². The Morgan fingerprint density at radius 1 is 0.960 bits per heavy atom. The summed E-state index contributed by atoms with van der Waals surface area (Å²) in [4.78, 5) is 6.42. The molecule has 0 saturated carbocycles. The highest BCUT2D eigenvalue weighted by molar-refractivity contribution is 5.82. The Morgan fingerprint density at radius 3 is 2.08 bits per heavy atom. The molecule has 0 spiro atoms. The predicted molar refractivity (Wildman–Crippen MR) is 98.8 cm³/mol. The van der Waals surface area contributed by atoms with Crippen molar-refractivity contribution in [1.82, 2.24) is 25.6 Å². The van der Waals surface area contributed by atoms with E-state index in [1.807, 2.05) is 18.4 Å². The molecule has 0 fully saturated rings. The normalized spacial score (nSPS) is 14.1. The first-order valence-electron chi connectivity index (χ1n) is 7.66. The highest BCUT2D eigenvalue weighted by Crippen LogP contribution is 1.86. The topological polar surface area (TPSA) is 131 Å². The quantitative estimate of drug-likeness (QED) is 0.678. The Kier molecular flexibility index (Phi) is 13.3. The summed E-state index contributed by atoms with van der Waals surface area (Å²) in [6.45, 7) is 1.81. The van der Waals surface area contributed by atoms with Crippen molar-refractivity contribution in [2.45, 2.75) is 12.8 Å². The van der Waals surface area contributed by atoms with Crippen molar-refractivity contribution in [2.75, 3.05) is 13.1 Å². The van der Waals surface area contributed by atoms with Gasteiger partial charge in [0.05, 0.1) is 12.9 Å². The molecule has 25 heavy (non-hydrogen) atoms. The van der Waals surface area contributed by atoms with E-state index in [0.29, 0.717) is 0 Å². The fourth-order valence-corrected chi connectivity index (χ4v) is 1.22. The minimum Gasteiger partial charge on any atom is -0.351 e. The first-order chi connectivity index (χ1) is 12.5. The van der Waals surface area contributed by atoms with Gasteiger partial charge in [-0.1, -0.05) is 0 Å². The van der Waals surface area contributed by atoms with E-state index in [4.69, 9.17) is 0 Å². The van der Waals surface area contributed by atoms with Crippen LogP contribution in [0.5, 0.6) is 0 Å². The lowest BCUT2D eigenvalue weighted by Gasteiger charge is -1.76. The van der Waals surface area contributed by atoms with E-state index in [2.05, 4.69) is 51.1 Å². The summed E-state index contributed by atoms with van der Waals surface area (Å²) >= 11 is 0. The molecule has 10 nitrogen and oxygen atoms in total. The second-order valence-corrected chi connectivity index (χ2v) is 4.19. The number of azo groups is 1. The number of hydrogen-bond acceptors (Lipinski definition) is 8. The van der Waals surface area contributed by atoms with Crippen LogP contribution in [0, 0.1) is 0 Å². The van der Waals surface area contributed by atoms with Crippen LogP contribution in [0.4, 0.5) is 0 Å². The third kappa shape index (κ3) is 15.2. The molecule has 10 heteroatoms. The molecule has 0 amide bonds. The molecule has 3 aliphatic rings. The molecule has 0 saturated heterocycles. The second kappa shape index (κ2) is 16.9. The van der Waals surface area contributed by atoms with Crippen molar-refractivity contribution < 1.29 is 0 Å². The molecule has 3 N–H and O–H groups in total. The van der Waals surface area contributed by atoms with Gasteiger partial charge in [0.25, 0.3) is 0 Å². The van der Waals surface area contributed by atoms with Gasteiger partial charge in [-0.3, -0.25) is 5.10 Å². The fraction of sp³-hybridized carbons (Fsp3) is 0.267. The van der Waals surface area contributed by atoms with Crippen LogP contribution in [0.3, 0.4) is 0 Å². The highest BCUT2D eigenvalue weighted by atomic mass is 15.3. The molecule has 5 heterocycles. The van der Waals surface area contributed by atoms with E-state index in [1.54, 1.807) is 49.7 Å². The molecule has 0 atom stereocenters. The molecular weight excluding hydrogens is 320 g/mol. The Bertz CT molecular complexity index is 502. The first kappa shape index (κ1) is 19.6.